The van der Waals surface area contributed by atoms with E-state index in [0.717, 1.165) is 22.1 Å². The molecule has 0 aliphatic carbocycles. The largest absolute Gasteiger partial charge is 0.351 e. The molecule has 1 aliphatic rings. The second kappa shape index (κ2) is 3.14. The van der Waals surface area contributed by atoms with Crippen LogP contribution >= 0.6 is 15.9 Å². The van der Waals surface area contributed by atoms with Crippen LogP contribution < -0.4 is 5.32 Å². The highest BCUT2D eigenvalue weighted by atomic mass is 79.9. The maximum Gasteiger partial charge on any atom is 0.251 e. The lowest BCUT2D eigenvalue weighted by Gasteiger charge is -2.22. The third kappa shape index (κ3) is 1.48. The summed E-state index contributed by atoms with van der Waals surface area (Å²) in [5.74, 6) is 0.454. The Kier molecular flexibility index (Phi) is 2.12. The number of rotatable bonds is 0. The number of fused-ring (bicyclic) bond motifs is 1. The summed E-state index contributed by atoms with van der Waals surface area (Å²) in [6.45, 7) is 2.86. The van der Waals surface area contributed by atoms with Crippen LogP contribution in [0.15, 0.2) is 22.7 Å². The van der Waals surface area contributed by atoms with E-state index in [1.54, 1.807) is 0 Å². The van der Waals surface area contributed by atoms with Crippen molar-refractivity contribution in [3.05, 3.63) is 33.8 Å². The molecule has 1 heterocycles. The van der Waals surface area contributed by atoms with Gasteiger partial charge in [-0.2, -0.15) is 0 Å². The second-order valence-electron chi connectivity index (χ2n) is 3.34. The summed E-state index contributed by atoms with van der Waals surface area (Å²) in [4.78, 5) is 11.5. The van der Waals surface area contributed by atoms with E-state index < -0.39 is 0 Å². The smallest absolute Gasteiger partial charge is 0.251 e. The van der Waals surface area contributed by atoms with Gasteiger partial charge < -0.3 is 5.32 Å². The number of nitrogens with one attached hydrogen (secondary N) is 1. The fourth-order valence-electron chi connectivity index (χ4n) is 1.61. The van der Waals surface area contributed by atoms with Gasteiger partial charge in [0.05, 0.1) is 0 Å². The monoisotopic (exact) mass is 239 g/mol. The fraction of sp³-hybridized carbons (Fsp3) is 0.300. The third-order valence-electron chi connectivity index (χ3n) is 2.36. The van der Waals surface area contributed by atoms with Crippen LogP contribution in [0.1, 0.15) is 28.8 Å². The molecule has 1 aromatic rings. The first-order chi connectivity index (χ1) is 6.18. The number of hydrogen-bond donors (Lipinski definition) is 1. The molecule has 0 spiro atoms. The summed E-state index contributed by atoms with van der Waals surface area (Å²) in [5, 5.41) is 2.86. The highest BCUT2D eigenvalue weighted by molar-refractivity contribution is 9.10. The zero-order valence-electron chi connectivity index (χ0n) is 7.30. The van der Waals surface area contributed by atoms with E-state index in [2.05, 4.69) is 28.2 Å². The number of amides is 1. The SMILES string of the molecule is CC1CNC(=O)c2cc(Br)ccc21. The molecule has 0 aromatic heterocycles. The summed E-state index contributed by atoms with van der Waals surface area (Å²) in [7, 11) is 0. The number of benzene rings is 1. The molecule has 0 bridgehead atoms. The standard InChI is InChI=1S/C10H10BrNO/c1-6-5-12-10(13)9-4-7(11)2-3-8(6)9/h2-4,6H,5H2,1H3,(H,12,13). The molecule has 68 valence electrons. The molecule has 1 amide bonds. The second-order valence-corrected chi connectivity index (χ2v) is 4.26. The van der Waals surface area contributed by atoms with Crippen molar-refractivity contribution in [3.63, 3.8) is 0 Å². The van der Waals surface area contributed by atoms with E-state index in [1.165, 1.54) is 0 Å². The number of hydrogen-bond acceptors (Lipinski definition) is 1. The Morgan fingerprint density at radius 2 is 2.31 bits per heavy atom. The van der Waals surface area contributed by atoms with E-state index in [1.807, 2.05) is 18.2 Å². The summed E-state index contributed by atoms with van der Waals surface area (Å²) < 4.78 is 0.954. The number of carbonyl (C=O) groups excluding carboxylic acids is 1. The van der Waals surface area contributed by atoms with Gasteiger partial charge in [0.15, 0.2) is 0 Å². The number of carbonyl (C=O) groups is 1. The molecule has 1 atom stereocenters. The molecular formula is C10H10BrNO. The van der Waals surface area contributed by atoms with Gasteiger partial charge in [0, 0.05) is 16.6 Å². The van der Waals surface area contributed by atoms with Crippen LogP contribution in [-0.2, 0) is 0 Å². The van der Waals surface area contributed by atoms with Crippen molar-refractivity contribution >= 4 is 21.8 Å². The van der Waals surface area contributed by atoms with Gasteiger partial charge in [-0.15, -0.1) is 0 Å². The van der Waals surface area contributed by atoms with Gasteiger partial charge >= 0.3 is 0 Å². The molecule has 1 unspecified atom stereocenters. The van der Waals surface area contributed by atoms with Gasteiger partial charge in [-0.25, -0.2) is 0 Å². The van der Waals surface area contributed by atoms with E-state index in [-0.39, 0.29) is 5.91 Å². The van der Waals surface area contributed by atoms with Crippen molar-refractivity contribution < 1.29 is 4.79 Å². The zero-order chi connectivity index (χ0) is 9.42. The van der Waals surface area contributed by atoms with E-state index in [0.29, 0.717) is 5.92 Å². The molecular weight excluding hydrogens is 230 g/mol. The quantitative estimate of drug-likeness (QED) is 0.740. The summed E-state index contributed by atoms with van der Waals surface area (Å²) in [5.41, 5.74) is 1.94. The molecule has 13 heavy (non-hydrogen) atoms. The highest BCUT2D eigenvalue weighted by Gasteiger charge is 2.21. The van der Waals surface area contributed by atoms with E-state index in [9.17, 15) is 4.79 Å². The maximum atomic E-state index is 11.5. The van der Waals surface area contributed by atoms with Crippen molar-refractivity contribution in [2.75, 3.05) is 6.54 Å². The highest BCUT2D eigenvalue weighted by Crippen LogP contribution is 2.26. The minimum Gasteiger partial charge on any atom is -0.351 e. The Labute approximate surface area is 85.5 Å². The summed E-state index contributed by atoms with van der Waals surface area (Å²) in [6, 6.07) is 5.87. The fourth-order valence-corrected chi connectivity index (χ4v) is 1.97. The maximum absolute atomic E-state index is 11.5. The molecule has 1 aromatic carbocycles. The molecule has 0 saturated carbocycles. The van der Waals surface area contributed by atoms with Crippen molar-refractivity contribution in [1.29, 1.82) is 0 Å². The van der Waals surface area contributed by atoms with Crippen LogP contribution in [0.3, 0.4) is 0 Å². The van der Waals surface area contributed by atoms with Gasteiger partial charge in [0.25, 0.3) is 5.91 Å². The topological polar surface area (TPSA) is 29.1 Å². The molecule has 0 saturated heterocycles. The summed E-state index contributed by atoms with van der Waals surface area (Å²) >= 11 is 3.36. The van der Waals surface area contributed by atoms with Crippen LogP contribution in [0.2, 0.25) is 0 Å². The Balaban J connectivity index is 2.57. The predicted molar refractivity (Wildman–Crippen MR) is 54.9 cm³/mol. The minimum atomic E-state index is 0.0365. The van der Waals surface area contributed by atoms with Crippen molar-refractivity contribution in [3.8, 4) is 0 Å². The van der Waals surface area contributed by atoms with Gasteiger partial charge in [-0.05, 0) is 23.6 Å². The lowest BCUT2D eigenvalue weighted by atomic mass is 9.92. The minimum absolute atomic E-state index is 0.0365. The molecule has 2 nitrogen and oxygen atoms in total. The first-order valence-electron chi connectivity index (χ1n) is 4.26. The summed E-state index contributed by atoms with van der Waals surface area (Å²) in [6.07, 6.45) is 0. The Morgan fingerprint density at radius 3 is 3.08 bits per heavy atom. The molecule has 2 rings (SSSR count). The average molecular weight is 240 g/mol. The molecule has 1 aliphatic heterocycles. The van der Waals surface area contributed by atoms with Gasteiger partial charge in [0.2, 0.25) is 0 Å². The van der Waals surface area contributed by atoms with Crippen LogP contribution in [-0.4, -0.2) is 12.5 Å². The van der Waals surface area contributed by atoms with Crippen LogP contribution in [0.4, 0.5) is 0 Å². The average Bonchev–Trinajstić information content (AvgIpc) is 2.12. The van der Waals surface area contributed by atoms with E-state index >= 15 is 0 Å². The van der Waals surface area contributed by atoms with Crippen LogP contribution in [0.25, 0.3) is 0 Å². The van der Waals surface area contributed by atoms with Crippen molar-refractivity contribution in [2.45, 2.75) is 12.8 Å². The first-order valence-corrected chi connectivity index (χ1v) is 5.05. The first kappa shape index (κ1) is 8.75. The van der Waals surface area contributed by atoms with Gasteiger partial charge in [-0.1, -0.05) is 28.9 Å². The Hall–Kier alpha value is -0.830. The van der Waals surface area contributed by atoms with Crippen molar-refractivity contribution in [2.24, 2.45) is 0 Å². The molecule has 0 radical (unpaired) electrons. The Morgan fingerprint density at radius 1 is 1.54 bits per heavy atom. The van der Waals surface area contributed by atoms with E-state index in [4.69, 9.17) is 0 Å². The lowest BCUT2D eigenvalue weighted by molar-refractivity contribution is 0.0941. The normalized spacial score (nSPS) is 20.8. The van der Waals surface area contributed by atoms with Gasteiger partial charge in [-0.3, -0.25) is 4.79 Å². The molecule has 0 fully saturated rings. The zero-order valence-corrected chi connectivity index (χ0v) is 8.89. The third-order valence-corrected chi connectivity index (χ3v) is 2.85. The predicted octanol–water partition coefficient (Wildman–Crippen LogP) is 2.30. The van der Waals surface area contributed by atoms with Crippen LogP contribution in [0.5, 0.6) is 0 Å². The van der Waals surface area contributed by atoms with Crippen molar-refractivity contribution in [1.82, 2.24) is 5.32 Å². The van der Waals surface area contributed by atoms with Crippen LogP contribution in [0, 0.1) is 0 Å². The Bertz CT molecular complexity index is 362. The lowest BCUT2D eigenvalue weighted by Crippen LogP contribution is -2.33. The molecule has 1 N–H and O–H groups in total. The molecule has 3 heteroatoms. The van der Waals surface area contributed by atoms with Gasteiger partial charge in [0.1, 0.15) is 0 Å². The number of halogens is 1.